The van der Waals surface area contributed by atoms with Gasteiger partial charge in [0.25, 0.3) is 0 Å². The fraction of sp³-hybridized carbons (Fsp3) is 0.625. The average molecular weight is 250 g/mol. The van der Waals surface area contributed by atoms with E-state index in [1.807, 2.05) is 0 Å². The molecule has 0 rings (SSSR count). The van der Waals surface area contributed by atoms with Gasteiger partial charge in [-0.2, -0.15) is 22.0 Å². The zero-order valence-corrected chi connectivity index (χ0v) is 8.29. The molecule has 0 fully saturated rings. The summed E-state index contributed by atoms with van der Waals surface area (Å²) in [4.78, 5) is 10.6. The Morgan fingerprint density at radius 1 is 1.12 bits per heavy atom. The van der Waals surface area contributed by atoms with Crippen LogP contribution in [-0.2, 0) is 9.53 Å². The van der Waals surface area contributed by atoms with Crippen molar-refractivity contribution in [3.63, 3.8) is 0 Å². The molecule has 2 nitrogen and oxygen atoms in total. The molecule has 0 aliphatic rings. The van der Waals surface area contributed by atoms with E-state index < -0.39 is 36.4 Å². The molecule has 0 N–H and O–H groups in total. The number of ether oxygens (including phenoxy) is 1. The zero-order valence-electron chi connectivity index (χ0n) is 8.29. The molecule has 1 unspecified atom stereocenters. The number of alkyl halides is 6. The van der Waals surface area contributed by atoms with E-state index in [4.69, 9.17) is 0 Å². The topological polar surface area (TPSA) is 26.3 Å². The summed E-state index contributed by atoms with van der Waals surface area (Å²) in [5, 5.41) is 0. The first-order chi connectivity index (χ1) is 6.83. The quantitative estimate of drug-likeness (QED) is 0.437. The first kappa shape index (κ1) is 14.8. The van der Waals surface area contributed by atoms with Crippen LogP contribution in [0.4, 0.5) is 26.3 Å². The second-order valence-electron chi connectivity index (χ2n) is 3.19. The van der Waals surface area contributed by atoms with Gasteiger partial charge in [-0.05, 0) is 13.8 Å². The molecule has 0 aromatic rings. The minimum Gasteiger partial charge on any atom is -0.395 e. The van der Waals surface area contributed by atoms with Crippen molar-refractivity contribution in [1.82, 2.24) is 0 Å². The third-order valence-corrected chi connectivity index (χ3v) is 1.65. The lowest BCUT2D eigenvalue weighted by molar-refractivity contribution is -0.363. The van der Waals surface area contributed by atoms with Crippen molar-refractivity contribution in [2.24, 2.45) is 0 Å². The molecule has 0 amide bonds. The van der Waals surface area contributed by atoms with Crippen LogP contribution in [0.2, 0.25) is 0 Å². The van der Waals surface area contributed by atoms with Crippen molar-refractivity contribution in [3.8, 4) is 0 Å². The van der Waals surface area contributed by atoms with Crippen LogP contribution in [0.5, 0.6) is 0 Å². The minimum absolute atomic E-state index is 0.418. The molecule has 0 saturated carbocycles. The second kappa shape index (κ2) is 3.99. The highest BCUT2D eigenvalue weighted by molar-refractivity contribution is 5.87. The molecule has 0 aromatic carbocycles. The number of halogens is 6. The Morgan fingerprint density at radius 3 is 1.75 bits per heavy atom. The largest absolute Gasteiger partial charge is 0.444 e. The van der Waals surface area contributed by atoms with E-state index in [0.717, 1.165) is 6.92 Å². The van der Waals surface area contributed by atoms with Gasteiger partial charge in [0.1, 0.15) is 0 Å². The molecule has 1 atom stereocenters. The van der Waals surface area contributed by atoms with Gasteiger partial charge in [0.05, 0.1) is 0 Å². The van der Waals surface area contributed by atoms with E-state index in [9.17, 15) is 31.1 Å². The highest BCUT2D eigenvalue weighted by Crippen LogP contribution is 2.45. The van der Waals surface area contributed by atoms with Gasteiger partial charge in [-0.15, -0.1) is 0 Å². The van der Waals surface area contributed by atoms with Crippen molar-refractivity contribution in [3.05, 3.63) is 12.2 Å². The maximum atomic E-state index is 12.8. The Bertz CT molecular complexity index is 304. The van der Waals surface area contributed by atoms with Gasteiger partial charge in [0.2, 0.25) is 0 Å². The number of hydrogen-bond donors (Lipinski definition) is 0. The van der Waals surface area contributed by atoms with E-state index in [-0.39, 0.29) is 0 Å². The lowest BCUT2D eigenvalue weighted by atomic mass is 10.1. The minimum atomic E-state index is -5.87. The van der Waals surface area contributed by atoms with E-state index in [1.54, 1.807) is 0 Å². The Hall–Kier alpha value is -1.21. The molecule has 0 spiro atoms. The summed E-state index contributed by atoms with van der Waals surface area (Å²) in [6.07, 6.45) is -11.2. The highest BCUT2D eigenvalue weighted by atomic mass is 19.4. The molecule has 0 aliphatic carbocycles. The molecular formula is C8H8F6O2. The standard InChI is InChI=1S/C8H8F6O2/c1-4(2)5(15)16-8(13,14)6(3,9)7(10,11)12/h1H2,2-3H3. The third kappa shape index (κ3) is 2.67. The van der Waals surface area contributed by atoms with Gasteiger partial charge in [0.15, 0.2) is 0 Å². The van der Waals surface area contributed by atoms with E-state index in [0.29, 0.717) is 0 Å². The lowest BCUT2D eigenvalue weighted by Crippen LogP contribution is -2.55. The van der Waals surface area contributed by atoms with Crippen LogP contribution in [0.1, 0.15) is 13.8 Å². The molecule has 0 aliphatic heterocycles. The van der Waals surface area contributed by atoms with Crippen LogP contribution in [0.15, 0.2) is 12.2 Å². The van der Waals surface area contributed by atoms with Crippen LogP contribution in [0, 0.1) is 0 Å². The molecule has 16 heavy (non-hydrogen) atoms. The van der Waals surface area contributed by atoms with E-state index in [2.05, 4.69) is 11.3 Å². The predicted octanol–water partition coefficient (Wildman–Crippen LogP) is 2.99. The zero-order chi connectivity index (χ0) is 13.4. The molecule has 0 bridgehead atoms. The van der Waals surface area contributed by atoms with Crippen molar-refractivity contribution in [2.75, 3.05) is 0 Å². The molecule has 0 heterocycles. The average Bonchev–Trinajstić information content (AvgIpc) is 2.00. The van der Waals surface area contributed by atoms with Crippen molar-refractivity contribution in [2.45, 2.75) is 31.8 Å². The molecule has 8 heteroatoms. The van der Waals surface area contributed by atoms with E-state index in [1.165, 1.54) is 0 Å². The Balaban J connectivity index is 5.06. The van der Waals surface area contributed by atoms with Crippen molar-refractivity contribution in [1.29, 1.82) is 0 Å². The Morgan fingerprint density at radius 2 is 1.50 bits per heavy atom. The maximum absolute atomic E-state index is 12.8. The van der Waals surface area contributed by atoms with Crippen LogP contribution < -0.4 is 0 Å². The predicted molar refractivity (Wildman–Crippen MR) is 41.4 cm³/mol. The van der Waals surface area contributed by atoms with Crippen LogP contribution >= 0.6 is 0 Å². The fourth-order valence-electron chi connectivity index (χ4n) is 0.464. The number of rotatable bonds is 3. The van der Waals surface area contributed by atoms with Gasteiger partial charge < -0.3 is 4.74 Å². The highest BCUT2D eigenvalue weighted by Gasteiger charge is 2.70. The van der Waals surface area contributed by atoms with Gasteiger partial charge in [-0.3, -0.25) is 0 Å². The molecule has 0 aromatic heterocycles. The molecular weight excluding hydrogens is 242 g/mol. The van der Waals surface area contributed by atoms with Gasteiger partial charge >= 0.3 is 23.9 Å². The van der Waals surface area contributed by atoms with Gasteiger partial charge in [-0.25, -0.2) is 9.18 Å². The number of carbonyl (C=O) groups excluding carboxylic acids is 1. The normalized spacial score (nSPS) is 16.5. The maximum Gasteiger partial charge on any atom is 0.444 e. The number of hydrogen-bond acceptors (Lipinski definition) is 2. The van der Waals surface area contributed by atoms with E-state index >= 15 is 0 Å². The fourth-order valence-corrected chi connectivity index (χ4v) is 0.464. The number of esters is 1. The van der Waals surface area contributed by atoms with Crippen LogP contribution in [-0.4, -0.2) is 23.9 Å². The summed E-state index contributed by atoms with van der Waals surface area (Å²) in [6.45, 7) is 3.39. The molecule has 0 saturated heterocycles. The lowest BCUT2D eigenvalue weighted by Gasteiger charge is -2.30. The Labute approximate surface area is 86.9 Å². The smallest absolute Gasteiger partial charge is 0.395 e. The van der Waals surface area contributed by atoms with Gasteiger partial charge in [-0.1, -0.05) is 6.58 Å². The first-order valence-corrected chi connectivity index (χ1v) is 3.85. The van der Waals surface area contributed by atoms with Crippen molar-refractivity contribution < 1.29 is 35.9 Å². The summed E-state index contributed by atoms with van der Waals surface area (Å²) in [5.41, 5.74) is -5.54. The summed E-state index contributed by atoms with van der Waals surface area (Å²) < 4.78 is 77.1. The summed E-state index contributed by atoms with van der Waals surface area (Å²) in [5.74, 6) is -1.81. The first-order valence-electron chi connectivity index (χ1n) is 3.85. The molecule has 94 valence electrons. The summed E-state index contributed by atoms with van der Waals surface area (Å²) >= 11 is 0. The van der Waals surface area contributed by atoms with Crippen LogP contribution in [0.25, 0.3) is 0 Å². The van der Waals surface area contributed by atoms with Gasteiger partial charge in [0, 0.05) is 5.57 Å². The molecule has 0 radical (unpaired) electrons. The van der Waals surface area contributed by atoms with Crippen LogP contribution in [0.3, 0.4) is 0 Å². The monoisotopic (exact) mass is 250 g/mol. The Kier molecular flexibility index (Phi) is 3.68. The second-order valence-corrected chi connectivity index (χ2v) is 3.19. The SMILES string of the molecule is C=C(C)C(=O)OC(F)(F)C(C)(F)C(F)(F)F. The summed E-state index contributed by atoms with van der Waals surface area (Å²) in [7, 11) is 0. The third-order valence-electron chi connectivity index (χ3n) is 1.65. The van der Waals surface area contributed by atoms with Crippen molar-refractivity contribution >= 4 is 5.97 Å². The number of carbonyl (C=O) groups is 1. The summed E-state index contributed by atoms with van der Waals surface area (Å²) in [6, 6.07) is 0.